The van der Waals surface area contributed by atoms with E-state index >= 15 is 0 Å². The number of thiazole rings is 1. The number of rotatable bonds is 5. The van der Waals surface area contributed by atoms with Crippen LogP contribution in [-0.4, -0.2) is 34.8 Å². The Bertz CT molecular complexity index is 762. The molecule has 1 aromatic carbocycles. The lowest BCUT2D eigenvalue weighted by molar-refractivity contribution is -0.120. The number of carbonyl (C=O) groups excluding carboxylic acids is 2. The molecular weight excluding hydrogens is 346 g/mol. The molecule has 0 radical (unpaired) electrons. The monoisotopic (exact) mass is 371 g/mol. The minimum Gasteiger partial charge on any atom is -0.350 e. The van der Waals surface area contributed by atoms with E-state index in [1.54, 1.807) is 11.3 Å². The summed E-state index contributed by atoms with van der Waals surface area (Å²) in [5, 5.41) is 6.00. The van der Waals surface area contributed by atoms with Crippen molar-refractivity contribution in [2.45, 2.75) is 45.6 Å². The van der Waals surface area contributed by atoms with Gasteiger partial charge in [0, 0.05) is 36.4 Å². The zero-order valence-corrected chi connectivity index (χ0v) is 16.1. The number of aryl methyl sites for hydroxylation is 1. The molecule has 1 aliphatic heterocycles. The highest BCUT2D eigenvalue weighted by Crippen LogP contribution is 2.30. The SMILES string of the molecule is CCC(=O)NCc1csc(C2CCN(C(=O)c3ccc(C)cc3)CC2)n1. The molecule has 0 unspecified atom stereocenters. The van der Waals surface area contributed by atoms with Gasteiger partial charge in [0.2, 0.25) is 5.91 Å². The van der Waals surface area contributed by atoms with E-state index in [-0.39, 0.29) is 11.8 Å². The van der Waals surface area contributed by atoms with Crippen LogP contribution in [0.25, 0.3) is 0 Å². The second-order valence-electron chi connectivity index (χ2n) is 6.74. The van der Waals surface area contributed by atoms with Gasteiger partial charge in [-0.15, -0.1) is 11.3 Å². The van der Waals surface area contributed by atoms with Crippen LogP contribution in [0.4, 0.5) is 0 Å². The molecule has 1 aliphatic rings. The van der Waals surface area contributed by atoms with Gasteiger partial charge in [-0.3, -0.25) is 9.59 Å². The summed E-state index contributed by atoms with van der Waals surface area (Å²) < 4.78 is 0. The summed E-state index contributed by atoms with van der Waals surface area (Å²) in [6.45, 7) is 5.88. The van der Waals surface area contributed by atoms with Gasteiger partial charge in [0.15, 0.2) is 0 Å². The average molecular weight is 372 g/mol. The fourth-order valence-electron chi connectivity index (χ4n) is 3.11. The van der Waals surface area contributed by atoms with Crippen molar-refractivity contribution in [2.75, 3.05) is 13.1 Å². The third-order valence-corrected chi connectivity index (χ3v) is 5.84. The van der Waals surface area contributed by atoms with Crippen LogP contribution in [0.3, 0.4) is 0 Å². The van der Waals surface area contributed by atoms with E-state index in [0.717, 1.165) is 47.8 Å². The van der Waals surface area contributed by atoms with Gasteiger partial charge in [0.05, 0.1) is 17.2 Å². The smallest absolute Gasteiger partial charge is 0.253 e. The van der Waals surface area contributed by atoms with Gasteiger partial charge in [-0.25, -0.2) is 4.98 Å². The Morgan fingerprint density at radius 2 is 1.92 bits per heavy atom. The Morgan fingerprint density at radius 1 is 1.23 bits per heavy atom. The normalized spacial score (nSPS) is 15.1. The lowest BCUT2D eigenvalue weighted by Gasteiger charge is -2.31. The molecule has 1 N–H and O–H groups in total. The van der Waals surface area contributed by atoms with Gasteiger partial charge in [0.25, 0.3) is 5.91 Å². The molecule has 0 spiro atoms. The highest BCUT2D eigenvalue weighted by Gasteiger charge is 2.26. The Labute approximate surface area is 158 Å². The summed E-state index contributed by atoms with van der Waals surface area (Å²) in [6, 6.07) is 7.77. The molecule has 0 saturated carbocycles. The van der Waals surface area contributed by atoms with Gasteiger partial charge in [0.1, 0.15) is 0 Å². The van der Waals surface area contributed by atoms with Crippen molar-refractivity contribution in [2.24, 2.45) is 0 Å². The van der Waals surface area contributed by atoms with Gasteiger partial charge in [-0.05, 0) is 31.9 Å². The van der Waals surface area contributed by atoms with Crippen LogP contribution in [0.15, 0.2) is 29.6 Å². The number of hydrogen-bond acceptors (Lipinski definition) is 4. The third-order valence-electron chi connectivity index (χ3n) is 4.79. The molecule has 1 fully saturated rings. The van der Waals surface area contributed by atoms with Gasteiger partial charge in [-0.2, -0.15) is 0 Å². The first kappa shape index (κ1) is 18.6. The zero-order valence-electron chi connectivity index (χ0n) is 15.3. The third kappa shape index (κ3) is 4.49. The number of likely N-dealkylation sites (tertiary alicyclic amines) is 1. The molecule has 138 valence electrons. The van der Waals surface area contributed by atoms with Gasteiger partial charge in [-0.1, -0.05) is 24.6 Å². The summed E-state index contributed by atoms with van der Waals surface area (Å²) in [4.78, 5) is 30.6. The summed E-state index contributed by atoms with van der Waals surface area (Å²) in [5.41, 5.74) is 2.84. The molecule has 5 nitrogen and oxygen atoms in total. The summed E-state index contributed by atoms with van der Waals surface area (Å²) in [5.74, 6) is 0.561. The van der Waals surface area contributed by atoms with Crippen LogP contribution in [0.5, 0.6) is 0 Å². The molecule has 6 heteroatoms. The van der Waals surface area contributed by atoms with Gasteiger partial charge < -0.3 is 10.2 Å². The standard InChI is InChI=1S/C20H25N3O2S/c1-3-18(24)21-12-17-13-26-19(22-17)15-8-10-23(11-9-15)20(25)16-6-4-14(2)5-7-16/h4-7,13,15H,3,8-12H2,1-2H3,(H,21,24). The van der Waals surface area contributed by atoms with Gasteiger partial charge >= 0.3 is 0 Å². The summed E-state index contributed by atoms with van der Waals surface area (Å²) in [7, 11) is 0. The molecule has 0 atom stereocenters. The minimum absolute atomic E-state index is 0.0440. The molecule has 0 aliphatic carbocycles. The van der Waals surface area contributed by atoms with Crippen LogP contribution < -0.4 is 5.32 Å². The number of amides is 2. The second-order valence-corrected chi connectivity index (χ2v) is 7.63. The van der Waals surface area contributed by atoms with E-state index in [0.29, 0.717) is 18.9 Å². The molecule has 1 aromatic heterocycles. The van der Waals surface area contributed by atoms with E-state index in [1.165, 1.54) is 0 Å². The van der Waals surface area contributed by atoms with Crippen molar-refractivity contribution in [3.63, 3.8) is 0 Å². The Balaban J connectivity index is 1.53. The van der Waals surface area contributed by atoms with E-state index < -0.39 is 0 Å². The lowest BCUT2D eigenvalue weighted by atomic mass is 9.97. The number of nitrogens with zero attached hydrogens (tertiary/aromatic N) is 2. The zero-order chi connectivity index (χ0) is 18.5. The summed E-state index contributed by atoms with van der Waals surface area (Å²) >= 11 is 1.66. The maximum Gasteiger partial charge on any atom is 0.253 e. The first-order chi connectivity index (χ1) is 12.6. The maximum absolute atomic E-state index is 12.6. The topological polar surface area (TPSA) is 62.3 Å². The maximum atomic E-state index is 12.6. The number of piperidine rings is 1. The Hall–Kier alpha value is -2.21. The number of hydrogen-bond donors (Lipinski definition) is 1. The van der Waals surface area contributed by atoms with E-state index in [2.05, 4.69) is 10.3 Å². The van der Waals surface area contributed by atoms with E-state index in [9.17, 15) is 9.59 Å². The molecule has 2 amide bonds. The van der Waals surface area contributed by atoms with Crippen molar-refractivity contribution < 1.29 is 9.59 Å². The molecule has 1 saturated heterocycles. The molecule has 0 bridgehead atoms. The minimum atomic E-state index is 0.0440. The quantitative estimate of drug-likeness (QED) is 0.875. The van der Waals surface area contributed by atoms with Crippen LogP contribution in [0.2, 0.25) is 0 Å². The van der Waals surface area contributed by atoms with Crippen molar-refractivity contribution in [3.05, 3.63) is 51.5 Å². The number of nitrogens with one attached hydrogen (secondary N) is 1. The van der Waals surface area contributed by atoms with E-state index in [1.807, 2.05) is 48.4 Å². The number of benzene rings is 1. The predicted molar refractivity (Wildman–Crippen MR) is 103 cm³/mol. The molecule has 26 heavy (non-hydrogen) atoms. The lowest BCUT2D eigenvalue weighted by Crippen LogP contribution is -2.37. The van der Waals surface area contributed by atoms with Crippen molar-refractivity contribution >= 4 is 23.2 Å². The Morgan fingerprint density at radius 3 is 2.58 bits per heavy atom. The first-order valence-electron chi connectivity index (χ1n) is 9.13. The fourth-order valence-corrected chi connectivity index (χ4v) is 4.10. The average Bonchev–Trinajstić information content (AvgIpc) is 3.15. The number of carbonyl (C=O) groups is 2. The van der Waals surface area contributed by atoms with Crippen LogP contribution in [0.1, 0.15) is 58.7 Å². The summed E-state index contributed by atoms with van der Waals surface area (Å²) in [6.07, 6.45) is 2.36. The fraction of sp³-hybridized carbons (Fsp3) is 0.450. The Kier molecular flexibility index (Phi) is 6.04. The molecule has 3 rings (SSSR count). The predicted octanol–water partition coefficient (Wildman–Crippen LogP) is 3.50. The molecule has 2 aromatic rings. The molecular formula is C20H25N3O2S. The van der Waals surface area contributed by atoms with Crippen molar-refractivity contribution in [3.8, 4) is 0 Å². The largest absolute Gasteiger partial charge is 0.350 e. The van der Waals surface area contributed by atoms with E-state index in [4.69, 9.17) is 0 Å². The first-order valence-corrected chi connectivity index (χ1v) is 10.0. The van der Waals surface area contributed by atoms with Crippen LogP contribution in [0, 0.1) is 6.92 Å². The second kappa shape index (κ2) is 8.45. The molecule has 2 heterocycles. The number of aromatic nitrogens is 1. The highest BCUT2D eigenvalue weighted by atomic mass is 32.1. The highest BCUT2D eigenvalue weighted by molar-refractivity contribution is 7.09. The van der Waals surface area contributed by atoms with Crippen LogP contribution in [-0.2, 0) is 11.3 Å². The van der Waals surface area contributed by atoms with Crippen molar-refractivity contribution in [1.82, 2.24) is 15.2 Å². The van der Waals surface area contributed by atoms with Crippen molar-refractivity contribution in [1.29, 1.82) is 0 Å². The van der Waals surface area contributed by atoms with Crippen LogP contribution >= 0.6 is 11.3 Å².